The van der Waals surface area contributed by atoms with E-state index in [-0.39, 0.29) is 19.4 Å². The summed E-state index contributed by atoms with van der Waals surface area (Å²) in [7, 11) is 0. The largest absolute Gasteiger partial charge is 0.481 e. The maximum atomic E-state index is 12.2. The molecule has 60 heavy (non-hydrogen) atoms. The molecule has 0 amide bonds. The molecule has 2 heterocycles. The van der Waals surface area contributed by atoms with Crippen LogP contribution in [0.15, 0.2) is 147 Å². The van der Waals surface area contributed by atoms with Crippen LogP contribution in [0.5, 0.6) is 0 Å². The predicted octanol–water partition coefficient (Wildman–Crippen LogP) is 12.1. The van der Waals surface area contributed by atoms with Crippen molar-refractivity contribution in [2.24, 2.45) is 0 Å². The van der Waals surface area contributed by atoms with Crippen LogP contribution in [0.2, 0.25) is 0 Å². The zero-order valence-electron chi connectivity index (χ0n) is 33.7. The zero-order valence-corrected chi connectivity index (χ0v) is 36.8. The van der Waals surface area contributed by atoms with Crippen molar-refractivity contribution >= 4 is 72.3 Å². The molecule has 1 aromatic heterocycles. The number of anilines is 1. The summed E-state index contributed by atoms with van der Waals surface area (Å²) >= 11 is 12.6. The van der Waals surface area contributed by atoms with Gasteiger partial charge in [-0.2, -0.15) is 9.83 Å². The number of carbonyl (C=O) groups is 2. The summed E-state index contributed by atoms with van der Waals surface area (Å²) < 4.78 is 3.89. The maximum Gasteiger partial charge on any atom is 0.309 e. The summed E-state index contributed by atoms with van der Waals surface area (Å²) in [6, 6.07) is 37.8. The van der Waals surface area contributed by atoms with E-state index in [1.54, 1.807) is 0 Å². The molecule has 5 aromatic rings. The number of rotatable bonds is 17. The van der Waals surface area contributed by atoms with Gasteiger partial charge in [-0.3, -0.25) is 9.59 Å². The van der Waals surface area contributed by atoms with E-state index in [1.165, 1.54) is 28.0 Å². The number of nitrogens with zero attached hydrogens (tertiary/aromatic N) is 3. The number of fused-ring (bicyclic) bond motifs is 2. The van der Waals surface area contributed by atoms with Gasteiger partial charge in [0, 0.05) is 38.9 Å². The van der Waals surface area contributed by atoms with Crippen molar-refractivity contribution in [2.45, 2.75) is 83.1 Å². The van der Waals surface area contributed by atoms with E-state index < -0.39 is 17.4 Å². The second-order valence-electron chi connectivity index (χ2n) is 15.6. The Morgan fingerprint density at radius 3 is 2.17 bits per heavy atom. The minimum Gasteiger partial charge on any atom is -0.481 e. The van der Waals surface area contributed by atoms with E-state index in [2.05, 4.69) is 101 Å². The molecule has 0 atom stereocenters. The van der Waals surface area contributed by atoms with E-state index in [1.807, 2.05) is 53.1 Å². The number of benzene rings is 4. The highest BCUT2D eigenvalue weighted by Crippen LogP contribution is 2.55. The third kappa shape index (κ3) is 9.52. The second kappa shape index (κ2) is 19.4. The van der Waals surface area contributed by atoms with Gasteiger partial charge in [0.2, 0.25) is 5.52 Å². The lowest BCUT2D eigenvalue weighted by Crippen LogP contribution is -2.37. The summed E-state index contributed by atoms with van der Waals surface area (Å²) in [4.78, 5) is 26.0. The van der Waals surface area contributed by atoms with Gasteiger partial charge in [-0.25, -0.2) is 0 Å². The van der Waals surface area contributed by atoms with Crippen LogP contribution >= 0.6 is 38.9 Å². The van der Waals surface area contributed by atoms with E-state index in [4.69, 9.17) is 11.6 Å². The number of nitriles is 1. The minimum atomic E-state index is -0.900. The maximum absolute atomic E-state index is 12.2. The quantitative estimate of drug-likeness (QED) is 0.0711. The van der Waals surface area contributed by atoms with Crippen molar-refractivity contribution in [2.75, 3.05) is 11.4 Å². The molecule has 306 valence electrons. The second-order valence-corrected chi connectivity index (χ2v) is 17.9. The van der Waals surface area contributed by atoms with Gasteiger partial charge in [-0.15, -0.1) is 0 Å². The molecule has 1 aliphatic heterocycles. The third-order valence-corrected chi connectivity index (χ3v) is 13.9. The molecule has 0 saturated heterocycles. The number of hydrogen-bond acceptors (Lipinski definition) is 5. The first-order valence-corrected chi connectivity index (χ1v) is 22.5. The molecule has 0 fully saturated rings. The molecule has 10 heteroatoms. The van der Waals surface area contributed by atoms with Gasteiger partial charge in [0.1, 0.15) is 22.8 Å². The molecule has 0 radical (unpaired) electrons. The predicted molar refractivity (Wildman–Crippen MR) is 245 cm³/mol. The highest BCUT2D eigenvalue weighted by atomic mass is 79.9. The molecule has 2 N–H and O–H groups in total. The molecular formula is C50H48BrClN3O4S+. The number of hydrogen-bond donors (Lipinski definition) is 2. The van der Waals surface area contributed by atoms with Crippen LogP contribution in [0, 0.1) is 11.3 Å². The van der Waals surface area contributed by atoms with E-state index in [9.17, 15) is 25.1 Å². The molecular weight excluding hydrogens is 854 g/mol. The number of para-hydroxylation sites is 1. The molecule has 7 rings (SSSR count). The number of halogens is 2. The summed E-state index contributed by atoms with van der Waals surface area (Å²) in [6.07, 6.45) is 10.8. The lowest BCUT2D eigenvalue weighted by Gasteiger charge is -2.36. The first-order valence-electron chi connectivity index (χ1n) is 20.5. The van der Waals surface area contributed by atoms with E-state index >= 15 is 0 Å². The Hall–Kier alpha value is -5.27. The summed E-state index contributed by atoms with van der Waals surface area (Å²) in [5, 5.41) is 31.3. The van der Waals surface area contributed by atoms with E-state index in [0.717, 1.165) is 81.3 Å². The third-order valence-electron chi connectivity index (χ3n) is 11.7. The average Bonchev–Trinajstić information content (AvgIpc) is 3.87. The summed E-state index contributed by atoms with van der Waals surface area (Å²) in [6.45, 7) is 2.72. The molecule has 0 bridgehead atoms. The minimum absolute atomic E-state index is 0.0102. The molecule has 4 aromatic carbocycles. The Morgan fingerprint density at radius 2 is 1.53 bits per heavy atom. The van der Waals surface area contributed by atoms with E-state index in [0.29, 0.717) is 35.0 Å². The first-order chi connectivity index (χ1) is 29.1. The zero-order chi connectivity index (χ0) is 42.2. The first kappa shape index (κ1) is 42.8. The molecule has 0 unspecified atom stereocenters. The highest BCUT2D eigenvalue weighted by Gasteiger charge is 2.47. The number of aryl methyl sites for hydroxylation is 3. The number of aliphatic carboxylic acids is 2. The van der Waals surface area contributed by atoms with Crippen molar-refractivity contribution in [3.63, 3.8) is 0 Å². The van der Waals surface area contributed by atoms with Crippen LogP contribution < -0.4 is 9.47 Å². The van der Waals surface area contributed by atoms with Gasteiger partial charge in [-0.1, -0.05) is 118 Å². The molecule has 0 spiro atoms. The standard InChI is InChI=1S/C50H47BrClN3O4S/c1-34(30-37-20-21-38(47(37)52)31-39(33-53)49-55(29-25-46(58)59)43-18-8-9-19-44(43)60-49)48-50(26-10-16-35-12-4-2-5-13-35,27-11-17-36-14-6-3-7-15-36)41-32-40(51)22-23-42(41)54(48)28-24-45(56)57/h2-9,12-15,18-19,22-23,30-32H,10-11,16-17,20-21,24-29H2,1H3,(H-,56,57,58,59)/p+1. The Labute approximate surface area is 369 Å². The van der Waals surface area contributed by atoms with Crippen LogP contribution in [-0.4, -0.2) is 28.7 Å². The van der Waals surface area contributed by atoms with Gasteiger partial charge in [0.25, 0.3) is 5.01 Å². The van der Waals surface area contributed by atoms with Crippen molar-refractivity contribution in [3.05, 3.63) is 169 Å². The Bertz CT molecular complexity index is 2520. The number of carboxylic acid groups (broad SMARTS) is 2. The fourth-order valence-electron chi connectivity index (χ4n) is 9.05. The fourth-order valence-corrected chi connectivity index (χ4v) is 10.9. The van der Waals surface area contributed by atoms with Crippen molar-refractivity contribution in [1.29, 1.82) is 5.26 Å². The number of thiazole rings is 1. The molecule has 1 aliphatic carbocycles. The Kier molecular flexibility index (Phi) is 13.9. The van der Waals surface area contributed by atoms with Crippen molar-refractivity contribution < 1.29 is 24.4 Å². The smallest absolute Gasteiger partial charge is 0.309 e. The summed E-state index contributed by atoms with van der Waals surface area (Å²) in [5.41, 5.74) is 9.77. The van der Waals surface area contributed by atoms with Gasteiger partial charge in [0.15, 0.2) is 6.54 Å². The topological polar surface area (TPSA) is 106 Å². The van der Waals surface area contributed by atoms with Crippen LogP contribution in [0.1, 0.15) is 80.0 Å². The SMILES string of the molecule is CC(/C=C1\CCC(/C=C(\C#N)c2sc3ccccc3[n+]2CCC(=O)O)=C1Cl)=C1/N(CCC(=O)O)c2ccc(Br)cc2C1(CCCc1ccccc1)CCCc1ccccc1. The monoisotopic (exact) mass is 900 g/mol. The average molecular weight is 902 g/mol. The fraction of sp³-hybridized carbons (Fsp3) is 0.280. The van der Waals surface area contributed by atoms with Gasteiger partial charge in [0.05, 0.1) is 6.42 Å². The van der Waals surface area contributed by atoms with Gasteiger partial charge >= 0.3 is 11.9 Å². The Balaban J connectivity index is 1.32. The van der Waals surface area contributed by atoms with Crippen molar-refractivity contribution in [3.8, 4) is 6.07 Å². The highest BCUT2D eigenvalue weighted by molar-refractivity contribution is 9.10. The van der Waals surface area contributed by atoms with Crippen LogP contribution in [0.3, 0.4) is 0 Å². The molecule has 2 aliphatic rings. The van der Waals surface area contributed by atoms with Gasteiger partial charge in [-0.05, 0) is 122 Å². The lowest BCUT2D eigenvalue weighted by molar-refractivity contribution is -0.668. The lowest BCUT2D eigenvalue weighted by atomic mass is 9.70. The van der Waals surface area contributed by atoms with Crippen LogP contribution in [0.25, 0.3) is 15.8 Å². The van der Waals surface area contributed by atoms with Crippen molar-refractivity contribution in [1.82, 2.24) is 0 Å². The van der Waals surface area contributed by atoms with Crippen LogP contribution in [0.4, 0.5) is 5.69 Å². The number of carboxylic acids is 2. The summed E-state index contributed by atoms with van der Waals surface area (Å²) in [5.74, 6) is -1.74. The Morgan fingerprint density at radius 1 is 0.900 bits per heavy atom. The molecule has 7 nitrogen and oxygen atoms in total. The molecule has 0 saturated carbocycles. The van der Waals surface area contributed by atoms with Crippen LogP contribution in [-0.2, 0) is 34.4 Å². The van der Waals surface area contributed by atoms with Gasteiger partial charge < -0.3 is 15.1 Å². The normalized spacial score (nSPS) is 16.4. The number of allylic oxidation sites excluding steroid dienone is 8. The number of aromatic nitrogens is 1.